The fraction of sp³-hybridized carbons (Fsp3) is 0.273. The van der Waals surface area contributed by atoms with Crippen molar-refractivity contribution in [1.29, 1.82) is 0 Å². The summed E-state index contributed by atoms with van der Waals surface area (Å²) in [6.45, 7) is 4.86. The first-order valence-corrected chi connectivity index (χ1v) is 4.18. The van der Waals surface area contributed by atoms with Crippen LogP contribution >= 0.6 is 0 Å². The molecule has 0 saturated carbocycles. The molecule has 0 spiro atoms. The average molecular weight is 161 g/mol. The minimum atomic E-state index is 0.605. The molecule has 64 valence electrons. The van der Waals surface area contributed by atoms with E-state index in [4.69, 9.17) is 5.73 Å². The molecule has 2 N–H and O–H groups in total. The van der Waals surface area contributed by atoms with Gasteiger partial charge in [0, 0.05) is 6.54 Å². The Balaban J connectivity index is 3.00. The van der Waals surface area contributed by atoms with Crippen LogP contribution in [-0.2, 0) is 0 Å². The molecular weight excluding hydrogens is 146 g/mol. The van der Waals surface area contributed by atoms with E-state index in [-0.39, 0.29) is 0 Å². The Morgan fingerprint density at radius 2 is 2.08 bits per heavy atom. The molecule has 0 aliphatic heterocycles. The van der Waals surface area contributed by atoms with Gasteiger partial charge in [0.15, 0.2) is 0 Å². The Kier molecular flexibility index (Phi) is 3.06. The zero-order valence-electron chi connectivity index (χ0n) is 7.67. The highest BCUT2D eigenvalue weighted by molar-refractivity contribution is 5.55. The quantitative estimate of drug-likeness (QED) is 0.707. The first-order chi connectivity index (χ1) is 5.75. The molecule has 0 fully saturated rings. The summed E-state index contributed by atoms with van der Waals surface area (Å²) in [6, 6.07) is 6.29. The summed E-state index contributed by atoms with van der Waals surface area (Å²) < 4.78 is 0. The van der Waals surface area contributed by atoms with Crippen LogP contribution in [-0.4, -0.2) is 6.54 Å². The standard InChI is InChI=1S/C11H15N/c1-9-5-3-6-11(10(9)2)7-4-8-12/h3-7H,8,12H2,1-2H3. The van der Waals surface area contributed by atoms with E-state index < -0.39 is 0 Å². The van der Waals surface area contributed by atoms with Crippen molar-refractivity contribution in [2.75, 3.05) is 6.54 Å². The average Bonchev–Trinajstić information content (AvgIpc) is 2.08. The monoisotopic (exact) mass is 161 g/mol. The van der Waals surface area contributed by atoms with Gasteiger partial charge >= 0.3 is 0 Å². The van der Waals surface area contributed by atoms with Crippen molar-refractivity contribution < 1.29 is 0 Å². The second-order valence-electron chi connectivity index (χ2n) is 2.93. The maximum atomic E-state index is 5.38. The van der Waals surface area contributed by atoms with Crippen LogP contribution in [0, 0.1) is 13.8 Å². The molecule has 0 saturated heterocycles. The molecule has 0 radical (unpaired) electrons. The van der Waals surface area contributed by atoms with Crippen LogP contribution in [0.1, 0.15) is 16.7 Å². The molecule has 0 aliphatic carbocycles. The van der Waals surface area contributed by atoms with Crippen LogP contribution in [0.25, 0.3) is 6.08 Å². The van der Waals surface area contributed by atoms with Crippen molar-refractivity contribution in [2.24, 2.45) is 5.73 Å². The molecule has 1 heteroatoms. The lowest BCUT2D eigenvalue weighted by atomic mass is 10.0. The van der Waals surface area contributed by atoms with E-state index in [1.165, 1.54) is 16.7 Å². The van der Waals surface area contributed by atoms with Gasteiger partial charge in [-0.25, -0.2) is 0 Å². The Hall–Kier alpha value is -1.08. The largest absolute Gasteiger partial charge is 0.327 e. The first-order valence-electron chi connectivity index (χ1n) is 4.18. The first kappa shape index (κ1) is 9.01. The van der Waals surface area contributed by atoms with Gasteiger partial charge in [-0.1, -0.05) is 30.4 Å². The predicted molar refractivity (Wildman–Crippen MR) is 54.0 cm³/mol. The van der Waals surface area contributed by atoms with E-state index in [1.807, 2.05) is 6.08 Å². The number of aryl methyl sites for hydroxylation is 1. The molecule has 1 aromatic rings. The van der Waals surface area contributed by atoms with Gasteiger partial charge in [0.05, 0.1) is 0 Å². The minimum absolute atomic E-state index is 0.605. The van der Waals surface area contributed by atoms with Crippen molar-refractivity contribution in [2.45, 2.75) is 13.8 Å². The molecule has 1 nitrogen and oxygen atoms in total. The maximum absolute atomic E-state index is 5.38. The molecule has 0 heterocycles. The number of rotatable bonds is 2. The van der Waals surface area contributed by atoms with Gasteiger partial charge in [0.25, 0.3) is 0 Å². The summed E-state index contributed by atoms with van der Waals surface area (Å²) in [5.41, 5.74) is 9.31. The van der Waals surface area contributed by atoms with Crippen LogP contribution in [0.4, 0.5) is 0 Å². The summed E-state index contributed by atoms with van der Waals surface area (Å²) >= 11 is 0. The molecular formula is C11H15N. The zero-order chi connectivity index (χ0) is 8.97. The van der Waals surface area contributed by atoms with Gasteiger partial charge in [-0.15, -0.1) is 0 Å². The van der Waals surface area contributed by atoms with Crippen molar-refractivity contribution >= 4 is 6.08 Å². The third kappa shape index (κ3) is 1.95. The van der Waals surface area contributed by atoms with Gasteiger partial charge in [-0.05, 0) is 30.5 Å². The lowest BCUT2D eigenvalue weighted by molar-refractivity contribution is 1.26. The highest BCUT2D eigenvalue weighted by Crippen LogP contribution is 2.13. The summed E-state index contributed by atoms with van der Waals surface area (Å²) in [5, 5.41) is 0. The predicted octanol–water partition coefficient (Wildman–Crippen LogP) is 2.28. The van der Waals surface area contributed by atoms with Crippen LogP contribution in [0.3, 0.4) is 0 Å². The van der Waals surface area contributed by atoms with E-state index in [0.29, 0.717) is 6.54 Å². The van der Waals surface area contributed by atoms with Crippen molar-refractivity contribution in [1.82, 2.24) is 0 Å². The highest BCUT2D eigenvalue weighted by atomic mass is 14.5. The number of hydrogen-bond acceptors (Lipinski definition) is 1. The van der Waals surface area contributed by atoms with Crippen molar-refractivity contribution in [3.8, 4) is 0 Å². The summed E-state index contributed by atoms with van der Waals surface area (Å²) in [6.07, 6.45) is 4.05. The molecule has 12 heavy (non-hydrogen) atoms. The van der Waals surface area contributed by atoms with Crippen molar-refractivity contribution in [3.05, 3.63) is 41.0 Å². The SMILES string of the molecule is Cc1cccc(C=CCN)c1C. The van der Waals surface area contributed by atoms with Gasteiger partial charge in [-0.3, -0.25) is 0 Å². The second-order valence-corrected chi connectivity index (χ2v) is 2.93. The third-order valence-electron chi connectivity index (χ3n) is 2.08. The van der Waals surface area contributed by atoms with Crippen LogP contribution < -0.4 is 5.73 Å². The van der Waals surface area contributed by atoms with Gasteiger partial charge in [0.2, 0.25) is 0 Å². The fourth-order valence-corrected chi connectivity index (χ4v) is 1.15. The normalized spacial score (nSPS) is 10.9. The third-order valence-corrected chi connectivity index (χ3v) is 2.08. The maximum Gasteiger partial charge on any atom is 0.0110 e. The topological polar surface area (TPSA) is 26.0 Å². The second kappa shape index (κ2) is 4.07. The number of benzene rings is 1. The Bertz CT molecular complexity index is 287. The van der Waals surface area contributed by atoms with E-state index in [0.717, 1.165) is 0 Å². The molecule has 0 unspecified atom stereocenters. The molecule has 0 atom stereocenters. The van der Waals surface area contributed by atoms with E-state index in [9.17, 15) is 0 Å². The Morgan fingerprint density at radius 3 is 2.75 bits per heavy atom. The lowest BCUT2D eigenvalue weighted by Crippen LogP contribution is -1.92. The summed E-state index contributed by atoms with van der Waals surface area (Å²) in [4.78, 5) is 0. The van der Waals surface area contributed by atoms with Gasteiger partial charge in [0.1, 0.15) is 0 Å². The van der Waals surface area contributed by atoms with Gasteiger partial charge < -0.3 is 5.73 Å². The number of nitrogens with two attached hydrogens (primary N) is 1. The van der Waals surface area contributed by atoms with Crippen molar-refractivity contribution in [3.63, 3.8) is 0 Å². The van der Waals surface area contributed by atoms with Crippen LogP contribution in [0.2, 0.25) is 0 Å². The summed E-state index contributed by atoms with van der Waals surface area (Å²) in [5.74, 6) is 0. The van der Waals surface area contributed by atoms with E-state index >= 15 is 0 Å². The minimum Gasteiger partial charge on any atom is -0.327 e. The van der Waals surface area contributed by atoms with Crippen LogP contribution in [0.15, 0.2) is 24.3 Å². The fourth-order valence-electron chi connectivity index (χ4n) is 1.15. The molecule has 0 bridgehead atoms. The molecule has 0 aliphatic rings. The Morgan fingerprint density at radius 1 is 1.33 bits per heavy atom. The number of hydrogen-bond donors (Lipinski definition) is 1. The lowest BCUT2D eigenvalue weighted by Gasteiger charge is -2.02. The molecule has 1 rings (SSSR count). The molecule has 1 aromatic carbocycles. The molecule has 0 aromatic heterocycles. The van der Waals surface area contributed by atoms with E-state index in [2.05, 4.69) is 38.1 Å². The Labute approximate surface area is 73.9 Å². The smallest absolute Gasteiger partial charge is 0.0110 e. The molecule has 0 amide bonds. The van der Waals surface area contributed by atoms with Crippen LogP contribution in [0.5, 0.6) is 0 Å². The van der Waals surface area contributed by atoms with Gasteiger partial charge in [-0.2, -0.15) is 0 Å². The van der Waals surface area contributed by atoms with E-state index in [1.54, 1.807) is 0 Å². The highest BCUT2D eigenvalue weighted by Gasteiger charge is 1.94. The zero-order valence-corrected chi connectivity index (χ0v) is 7.67. The summed E-state index contributed by atoms with van der Waals surface area (Å²) in [7, 11) is 0.